The van der Waals surface area contributed by atoms with Gasteiger partial charge < -0.3 is 5.73 Å². The number of benzene rings is 1. The molecular formula is C13H17F2N. The average molecular weight is 225 g/mol. The molecule has 2 rings (SSSR count). The normalized spacial score (nSPS) is 18.6. The smallest absolute Gasteiger partial charge is 0.131 e. The summed E-state index contributed by atoms with van der Waals surface area (Å²) >= 11 is 0. The Balaban J connectivity index is 2.49. The van der Waals surface area contributed by atoms with Gasteiger partial charge in [0.1, 0.15) is 11.6 Å². The number of hydrogen-bond acceptors (Lipinski definition) is 1. The maximum absolute atomic E-state index is 13.7. The van der Waals surface area contributed by atoms with E-state index in [4.69, 9.17) is 5.73 Å². The summed E-state index contributed by atoms with van der Waals surface area (Å²) in [5, 5.41) is 0. The molecule has 0 heterocycles. The Hall–Kier alpha value is -0.960. The van der Waals surface area contributed by atoms with Crippen LogP contribution in [0.2, 0.25) is 0 Å². The highest BCUT2D eigenvalue weighted by molar-refractivity contribution is 5.34. The van der Waals surface area contributed by atoms with Crippen molar-refractivity contribution in [2.75, 3.05) is 0 Å². The van der Waals surface area contributed by atoms with Crippen LogP contribution in [0, 0.1) is 11.6 Å². The molecule has 1 aromatic carbocycles. The molecule has 0 bridgehead atoms. The molecule has 0 aromatic heterocycles. The van der Waals surface area contributed by atoms with E-state index in [1.54, 1.807) is 6.07 Å². The largest absolute Gasteiger partial charge is 0.321 e. The fourth-order valence-electron chi connectivity index (χ4n) is 2.22. The molecule has 0 atom stereocenters. The number of hydrogen-bond donors (Lipinski definition) is 1. The van der Waals surface area contributed by atoms with Crippen LogP contribution in [0.4, 0.5) is 8.78 Å². The van der Waals surface area contributed by atoms with E-state index >= 15 is 0 Å². The minimum atomic E-state index is -0.568. The van der Waals surface area contributed by atoms with Crippen LogP contribution in [0.5, 0.6) is 0 Å². The fraction of sp³-hybridized carbons (Fsp3) is 0.538. The van der Waals surface area contributed by atoms with Gasteiger partial charge in [0, 0.05) is 17.2 Å². The standard InChI is InChI=1S/C13H17F2N/c1-8(2)9-6-10(12(15)7-11(9)14)13(16)4-3-5-13/h6-8H,3-5,16H2,1-2H3. The molecule has 2 N–H and O–H groups in total. The zero-order chi connectivity index (χ0) is 11.9. The maximum Gasteiger partial charge on any atom is 0.131 e. The predicted octanol–water partition coefficient (Wildman–Crippen LogP) is 3.43. The van der Waals surface area contributed by atoms with Crippen molar-refractivity contribution >= 4 is 0 Å². The monoisotopic (exact) mass is 225 g/mol. The van der Waals surface area contributed by atoms with Crippen LogP contribution in [-0.2, 0) is 5.54 Å². The lowest BCUT2D eigenvalue weighted by Crippen LogP contribution is -2.44. The second-order valence-corrected chi connectivity index (χ2v) is 5.02. The van der Waals surface area contributed by atoms with Crippen molar-refractivity contribution in [2.45, 2.75) is 44.6 Å². The van der Waals surface area contributed by atoms with Crippen molar-refractivity contribution in [2.24, 2.45) is 5.73 Å². The first kappa shape index (κ1) is 11.5. The Morgan fingerprint density at radius 2 is 1.81 bits per heavy atom. The van der Waals surface area contributed by atoms with Crippen LogP contribution in [-0.4, -0.2) is 0 Å². The van der Waals surface area contributed by atoms with E-state index in [1.807, 2.05) is 13.8 Å². The molecule has 0 amide bonds. The average Bonchev–Trinajstić information content (AvgIpc) is 2.13. The minimum absolute atomic E-state index is 0.0445. The third-order valence-corrected chi connectivity index (χ3v) is 3.49. The van der Waals surface area contributed by atoms with Crippen molar-refractivity contribution in [3.8, 4) is 0 Å². The first-order valence-corrected chi connectivity index (χ1v) is 5.72. The number of nitrogens with two attached hydrogens (primary N) is 1. The summed E-state index contributed by atoms with van der Waals surface area (Å²) in [4.78, 5) is 0. The molecule has 88 valence electrons. The molecule has 1 aliphatic carbocycles. The molecular weight excluding hydrogens is 208 g/mol. The Labute approximate surface area is 94.7 Å². The van der Waals surface area contributed by atoms with Gasteiger partial charge in [-0.05, 0) is 36.8 Å². The van der Waals surface area contributed by atoms with Crippen molar-refractivity contribution in [3.63, 3.8) is 0 Å². The SMILES string of the molecule is CC(C)c1cc(C2(N)CCC2)c(F)cc1F. The Kier molecular flexibility index (Phi) is 2.74. The van der Waals surface area contributed by atoms with Gasteiger partial charge in [-0.3, -0.25) is 0 Å². The lowest BCUT2D eigenvalue weighted by molar-refractivity contribution is 0.244. The van der Waals surface area contributed by atoms with Gasteiger partial charge in [-0.25, -0.2) is 8.78 Å². The molecule has 1 nitrogen and oxygen atoms in total. The molecule has 1 aromatic rings. The highest BCUT2D eigenvalue weighted by Gasteiger charge is 2.37. The second-order valence-electron chi connectivity index (χ2n) is 5.02. The van der Waals surface area contributed by atoms with E-state index in [0.717, 1.165) is 25.3 Å². The van der Waals surface area contributed by atoms with Gasteiger partial charge in [0.25, 0.3) is 0 Å². The van der Waals surface area contributed by atoms with E-state index in [9.17, 15) is 8.78 Å². The molecule has 0 spiro atoms. The highest BCUT2D eigenvalue weighted by atomic mass is 19.1. The first-order chi connectivity index (χ1) is 7.44. The summed E-state index contributed by atoms with van der Waals surface area (Å²) in [6.07, 6.45) is 2.59. The molecule has 0 aliphatic heterocycles. The number of halogens is 2. The van der Waals surface area contributed by atoms with E-state index < -0.39 is 17.2 Å². The van der Waals surface area contributed by atoms with Gasteiger partial charge in [-0.1, -0.05) is 13.8 Å². The van der Waals surface area contributed by atoms with Gasteiger partial charge >= 0.3 is 0 Å². The zero-order valence-corrected chi connectivity index (χ0v) is 9.69. The fourth-order valence-corrected chi connectivity index (χ4v) is 2.22. The van der Waals surface area contributed by atoms with Gasteiger partial charge in [0.05, 0.1) is 0 Å². The number of rotatable bonds is 2. The van der Waals surface area contributed by atoms with E-state index in [0.29, 0.717) is 11.1 Å². The molecule has 0 unspecified atom stereocenters. The van der Waals surface area contributed by atoms with Gasteiger partial charge in [0.2, 0.25) is 0 Å². The molecule has 1 aliphatic rings. The van der Waals surface area contributed by atoms with Gasteiger partial charge in [-0.2, -0.15) is 0 Å². The topological polar surface area (TPSA) is 26.0 Å². The van der Waals surface area contributed by atoms with Gasteiger partial charge in [0.15, 0.2) is 0 Å². The Bertz CT molecular complexity index is 409. The van der Waals surface area contributed by atoms with Crippen molar-refractivity contribution in [1.29, 1.82) is 0 Å². The van der Waals surface area contributed by atoms with E-state index in [2.05, 4.69) is 0 Å². The summed E-state index contributed by atoms with van der Waals surface area (Å²) in [6.45, 7) is 3.79. The first-order valence-electron chi connectivity index (χ1n) is 5.72. The summed E-state index contributed by atoms with van der Waals surface area (Å²) in [6, 6.07) is 2.58. The van der Waals surface area contributed by atoms with E-state index in [-0.39, 0.29) is 5.92 Å². The van der Waals surface area contributed by atoms with Crippen LogP contribution in [0.3, 0.4) is 0 Å². The minimum Gasteiger partial charge on any atom is -0.321 e. The summed E-state index contributed by atoms with van der Waals surface area (Å²) < 4.78 is 27.2. The quantitative estimate of drug-likeness (QED) is 0.820. The predicted molar refractivity (Wildman–Crippen MR) is 60.2 cm³/mol. The summed E-state index contributed by atoms with van der Waals surface area (Å²) in [7, 11) is 0. The van der Waals surface area contributed by atoms with Crippen molar-refractivity contribution in [3.05, 3.63) is 34.9 Å². The van der Waals surface area contributed by atoms with Crippen LogP contribution in [0.1, 0.15) is 50.2 Å². The molecule has 3 heteroatoms. The second kappa shape index (κ2) is 3.81. The third-order valence-electron chi connectivity index (χ3n) is 3.49. The zero-order valence-electron chi connectivity index (χ0n) is 9.69. The molecule has 16 heavy (non-hydrogen) atoms. The van der Waals surface area contributed by atoms with Crippen LogP contribution < -0.4 is 5.73 Å². The van der Waals surface area contributed by atoms with Crippen LogP contribution in [0.15, 0.2) is 12.1 Å². The van der Waals surface area contributed by atoms with Crippen LogP contribution >= 0.6 is 0 Å². The van der Waals surface area contributed by atoms with Gasteiger partial charge in [-0.15, -0.1) is 0 Å². The van der Waals surface area contributed by atoms with E-state index in [1.165, 1.54) is 0 Å². The Morgan fingerprint density at radius 3 is 2.25 bits per heavy atom. The third kappa shape index (κ3) is 1.73. The van der Waals surface area contributed by atoms with Crippen molar-refractivity contribution in [1.82, 2.24) is 0 Å². The highest BCUT2D eigenvalue weighted by Crippen LogP contribution is 2.41. The maximum atomic E-state index is 13.7. The lowest BCUT2D eigenvalue weighted by Gasteiger charge is -2.39. The summed E-state index contributed by atoms with van der Waals surface area (Å²) in [5.41, 5.74) is 6.54. The Morgan fingerprint density at radius 1 is 1.19 bits per heavy atom. The van der Waals surface area contributed by atoms with Crippen molar-refractivity contribution < 1.29 is 8.78 Å². The molecule has 0 radical (unpaired) electrons. The molecule has 1 fully saturated rings. The van der Waals surface area contributed by atoms with Crippen LogP contribution in [0.25, 0.3) is 0 Å². The molecule has 1 saturated carbocycles. The summed E-state index contributed by atoms with van der Waals surface area (Å²) in [5.74, 6) is -0.939. The molecule has 0 saturated heterocycles. The lowest BCUT2D eigenvalue weighted by atomic mass is 9.72.